The standard InChI is InChI=1S/C15H21FN2O/c1-4-12(2)18(7-8-19-3)11-14-9-15(16)6-5-13(14)10-17/h5-6,9,12H,4,7-8,11H2,1-3H3. The molecule has 0 saturated heterocycles. The van der Waals surface area contributed by atoms with Crippen molar-refractivity contribution in [1.29, 1.82) is 5.26 Å². The van der Waals surface area contributed by atoms with Gasteiger partial charge in [-0.05, 0) is 37.1 Å². The molecule has 0 amide bonds. The fourth-order valence-electron chi connectivity index (χ4n) is 1.94. The molecule has 0 heterocycles. The molecule has 0 aliphatic carbocycles. The van der Waals surface area contributed by atoms with E-state index in [0.29, 0.717) is 24.8 Å². The number of benzene rings is 1. The van der Waals surface area contributed by atoms with E-state index >= 15 is 0 Å². The number of nitrogens with zero attached hydrogens (tertiary/aromatic N) is 2. The first-order valence-corrected chi connectivity index (χ1v) is 6.53. The molecule has 0 spiro atoms. The van der Waals surface area contributed by atoms with Crippen molar-refractivity contribution in [2.75, 3.05) is 20.3 Å². The van der Waals surface area contributed by atoms with E-state index in [1.807, 2.05) is 0 Å². The Morgan fingerprint density at radius 2 is 2.21 bits per heavy atom. The molecule has 0 radical (unpaired) electrons. The van der Waals surface area contributed by atoms with Crippen LogP contribution in [0.4, 0.5) is 4.39 Å². The van der Waals surface area contributed by atoms with Crippen molar-refractivity contribution in [3.8, 4) is 6.07 Å². The Morgan fingerprint density at radius 3 is 2.79 bits per heavy atom. The van der Waals surface area contributed by atoms with Gasteiger partial charge in [-0.3, -0.25) is 4.90 Å². The van der Waals surface area contributed by atoms with Crippen molar-refractivity contribution in [2.45, 2.75) is 32.9 Å². The second-order valence-electron chi connectivity index (χ2n) is 4.63. The summed E-state index contributed by atoms with van der Waals surface area (Å²) in [6, 6.07) is 6.79. The van der Waals surface area contributed by atoms with E-state index in [0.717, 1.165) is 18.5 Å². The zero-order valence-corrected chi connectivity index (χ0v) is 11.8. The normalized spacial score (nSPS) is 12.4. The molecular formula is C15H21FN2O. The molecule has 1 aromatic carbocycles. The number of halogens is 1. The molecule has 3 nitrogen and oxygen atoms in total. The summed E-state index contributed by atoms with van der Waals surface area (Å²) in [6.45, 7) is 6.20. The molecule has 4 heteroatoms. The fourth-order valence-corrected chi connectivity index (χ4v) is 1.94. The van der Waals surface area contributed by atoms with Crippen molar-refractivity contribution >= 4 is 0 Å². The average molecular weight is 264 g/mol. The van der Waals surface area contributed by atoms with Gasteiger partial charge in [-0.15, -0.1) is 0 Å². The predicted octanol–water partition coefficient (Wildman–Crippen LogP) is 2.94. The van der Waals surface area contributed by atoms with Gasteiger partial charge < -0.3 is 4.74 Å². The van der Waals surface area contributed by atoms with Crippen LogP contribution >= 0.6 is 0 Å². The highest BCUT2D eigenvalue weighted by Crippen LogP contribution is 2.15. The first-order valence-electron chi connectivity index (χ1n) is 6.53. The van der Waals surface area contributed by atoms with Crippen molar-refractivity contribution < 1.29 is 9.13 Å². The third-order valence-corrected chi connectivity index (χ3v) is 3.36. The molecule has 0 aromatic heterocycles. The van der Waals surface area contributed by atoms with E-state index in [9.17, 15) is 4.39 Å². The van der Waals surface area contributed by atoms with Crippen LogP contribution in [0.5, 0.6) is 0 Å². The fraction of sp³-hybridized carbons (Fsp3) is 0.533. The maximum Gasteiger partial charge on any atom is 0.123 e. The molecule has 0 aliphatic heterocycles. The van der Waals surface area contributed by atoms with Gasteiger partial charge in [0.25, 0.3) is 0 Å². The average Bonchev–Trinajstić information content (AvgIpc) is 2.42. The van der Waals surface area contributed by atoms with Gasteiger partial charge in [0.15, 0.2) is 0 Å². The molecule has 19 heavy (non-hydrogen) atoms. The van der Waals surface area contributed by atoms with E-state index < -0.39 is 0 Å². The topological polar surface area (TPSA) is 36.3 Å². The lowest BCUT2D eigenvalue weighted by atomic mass is 10.1. The zero-order valence-electron chi connectivity index (χ0n) is 11.8. The number of hydrogen-bond donors (Lipinski definition) is 0. The first-order chi connectivity index (χ1) is 9.12. The third kappa shape index (κ3) is 4.62. The van der Waals surface area contributed by atoms with Crippen LogP contribution in [-0.4, -0.2) is 31.2 Å². The summed E-state index contributed by atoms with van der Waals surface area (Å²) in [6.07, 6.45) is 1.00. The van der Waals surface area contributed by atoms with Crippen LogP contribution < -0.4 is 0 Å². The van der Waals surface area contributed by atoms with Gasteiger partial charge in [-0.25, -0.2) is 4.39 Å². The number of ether oxygens (including phenoxy) is 1. The van der Waals surface area contributed by atoms with Crippen LogP contribution in [-0.2, 0) is 11.3 Å². The zero-order chi connectivity index (χ0) is 14.3. The quantitative estimate of drug-likeness (QED) is 0.759. The van der Waals surface area contributed by atoms with Crippen molar-refractivity contribution in [3.05, 3.63) is 35.1 Å². The molecule has 1 rings (SSSR count). The molecule has 1 atom stereocenters. The summed E-state index contributed by atoms with van der Waals surface area (Å²) in [7, 11) is 1.66. The second kappa shape index (κ2) is 7.88. The summed E-state index contributed by atoms with van der Waals surface area (Å²) in [5.41, 5.74) is 1.27. The van der Waals surface area contributed by atoms with Gasteiger partial charge in [0.1, 0.15) is 5.82 Å². The van der Waals surface area contributed by atoms with Crippen LogP contribution in [0.15, 0.2) is 18.2 Å². The summed E-state index contributed by atoms with van der Waals surface area (Å²) in [4.78, 5) is 2.21. The van der Waals surface area contributed by atoms with Crippen molar-refractivity contribution in [1.82, 2.24) is 4.90 Å². The molecule has 104 valence electrons. The Morgan fingerprint density at radius 1 is 1.47 bits per heavy atom. The van der Waals surface area contributed by atoms with Crippen LogP contribution in [0, 0.1) is 17.1 Å². The van der Waals surface area contributed by atoms with Crippen LogP contribution in [0.1, 0.15) is 31.4 Å². The number of hydrogen-bond acceptors (Lipinski definition) is 3. The van der Waals surface area contributed by atoms with Gasteiger partial charge in [-0.2, -0.15) is 5.26 Å². The Bertz CT molecular complexity index is 442. The summed E-state index contributed by atoms with van der Waals surface area (Å²) >= 11 is 0. The van der Waals surface area contributed by atoms with Gasteiger partial charge >= 0.3 is 0 Å². The highest BCUT2D eigenvalue weighted by molar-refractivity contribution is 5.37. The molecule has 0 saturated carbocycles. The van der Waals surface area contributed by atoms with Gasteiger partial charge in [-0.1, -0.05) is 6.92 Å². The molecular weight excluding hydrogens is 243 g/mol. The lowest BCUT2D eigenvalue weighted by Gasteiger charge is -2.28. The summed E-state index contributed by atoms with van der Waals surface area (Å²) in [5.74, 6) is -0.301. The molecule has 0 bridgehead atoms. The van der Waals surface area contributed by atoms with Crippen molar-refractivity contribution in [2.24, 2.45) is 0 Å². The largest absolute Gasteiger partial charge is 0.383 e. The SMILES string of the molecule is CCC(C)N(CCOC)Cc1cc(F)ccc1C#N. The lowest BCUT2D eigenvalue weighted by molar-refractivity contribution is 0.118. The van der Waals surface area contributed by atoms with Crippen molar-refractivity contribution in [3.63, 3.8) is 0 Å². The minimum absolute atomic E-state index is 0.301. The molecule has 0 N–H and O–H groups in total. The molecule has 1 aromatic rings. The highest BCUT2D eigenvalue weighted by Gasteiger charge is 2.14. The highest BCUT2D eigenvalue weighted by atomic mass is 19.1. The summed E-state index contributed by atoms with van der Waals surface area (Å²) in [5, 5.41) is 9.08. The van der Waals surface area contributed by atoms with Crippen LogP contribution in [0.2, 0.25) is 0 Å². The Labute approximate surface area is 114 Å². The maximum atomic E-state index is 13.3. The minimum Gasteiger partial charge on any atom is -0.383 e. The smallest absolute Gasteiger partial charge is 0.123 e. The van der Waals surface area contributed by atoms with E-state index in [1.165, 1.54) is 18.2 Å². The first kappa shape index (κ1) is 15.6. The Balaban J connectivity index is 2.89. The maximum absolute atomic E-state index is 13.3. The van der Waals surface area contributed by atoms with E-state index in [2.05, 4.69) is 24.8 Å². The van der Waals surface area contributed by atoms with Crippen LogP contribution in [0.25, 0.3) is 0 Å². The van der Waals surface area contributed by atoms with Gasteiger partial charge in [0.05, 0.1) is 18.2 Å². The predicted molar refractivity (Wildman–Crippen MR) is 73.2 cm³/mol. The van der Waals surface area contributed by atoms with Gasteiger partial charge in [0, 0.05) is 26.2 Å². The van der Waals surface area contributed by atoms with Crippen LogP contribution in [0.3, 0.4) is 0 Å². The molecule has 0 fully saturated rings. The summed E-state index contributed by atoms with van der Waals surface area (Å²) < 4.78 is 18.4. The number of methoxy groups -OCH3 is 1. The minimum atomic E-state index is -0.301. The van der Waals surface area contributed by atoms with E-state index in [4.69, 9.17) is 10.00 Å². The second-order valence-corrected chi connectivity index (χ2v) is 4.63. The van der Waals surface area contributed by atoms with E-state index in [1.54, 1.807) is 7.11 Å². The monoisotopic (exact) mass is 264 g/mol. The molecule has 1 unspecified atom stereocenters. The lowest BCUT2D eigenvalue weighted by Crippen LogP contribution is -2.35. The third-order valence-electron chi connectivity index (χ3n) is 3.36. The van der Waals surface area contributed by atoms with Gasteiger partial charge in [0.2, 0.25) is 0 Å². The number of rotatable bonds is 7. The number of nitriles is 1. The Kier molecular flexibility index (Phi) is 6.48. The molecule has 0 aliphatic rings. The van der Waals surface area contributed by atoms with E-state index in [-0.39, 0.29) is 5.82 Å². The Hall–Kier alpha value is -1.44.